The van der Waals surface area contributed by atoms with E-state index >= 15 is 0 Å². The summed E-state index contributed by atoms with van der Waals surface area (Å²) in [5.74, 6) is 0. The predicted molar refractivity (Wildman–Crippen MR) is 48.7 cm³/mol. The molecule has 0 saturated heterocycles. The lowest BCUT2D eigenvalue weighted by atomic mass is 9.99. The van der Waals surface area contributed by atoms with Gasteiger partial charge >= 0.3 is 0 Å². The molecule has 0 fully saturated rings. The normalized spacial score (nSPS) is 18.4. The quantitative estimate of drug-likeness (QED) is 0.652. The molecule has 0 radical (unpaired) electrons. The fraction of sp³-hybridized carbons (Fsp3) is 0.444. The Morgan fingerprint density at radius 3 is 3.08 bits per heavy atom. The zero-order valence-corrected chi connectivity index (χ0v) is 7.22. The van der Waals surface area contributed by atoms with E-state index < -0.39 is 0 Å². The molecule has 1 aromatic heterocycles. The Hall–Kier alpha value is -1.09. The van der Waals surface area contributed by atoms with Gasteiger partial charge in [-0.05, 0) is 25.5 Å². The molecular formula is C9H13N3. The zero-order valence-electron chi connectivity index (χ0n) is 7.22. The van der Waals surface area contributed by atoms with Gasteiger partial charge in [-0.3, -0.25) is 5.10 Å². The summed E-state index contributed by atoms with van der Waals surface area (Å²) >= 11 is 0. The first-order chi connectivity index (χ1) is 5.88. The Morgan fingerprint density at radius 2 is 2.42 bits per heavy atom. The highest BCUT2D eigenvalue weighted by molar-refractivity contribution is 5.69. The van der Waals surface area contributed by atoms with E-state index in [0.29, 0.717) is 0 Å². The number of aromatic amines is 1. The van der Waals surface area contributed by atoms with Crippen LogP contribution in [-0.2, 0) is 0 Å². The molecule has 0 amide bonds. The summed E-state index contributed by atoms with van der Waals surface area (Å²) in [4.78, 5) is 0. The minimum atomic E-state index is 0.978. The molecule has 64 valence electrons. The van der Waals surface area contributed by atoms with Crippen molar-refractivity contribution in [3.63, 3.8) is 0 Å². The van der Waals surface area contributed by atoms with Gasteiger partial charge in [0.05, 0.1) is 6.20 Å². The van der Waals surface area contributed by atoms with Gasteiger partial charge < -0.3 is 5.32 Å². The van der Waals surface area contributed by atoms with Gasteiger partial charge in [-0.25, -0.2) is 0 Å². The second kappa shape index (κ2) is 3.11. The third-order valence-corrected chi connectivity index (χ3v) is 2.34. The second-order valence-corrected chi connectivity index (χ2v) is 3.17. The van der Waals surface area contributed by atoms with Crippen molar-refractivity contribution in [3.05, 3.63) is 23.5 Å². The number of rotatable bonds is 1. The van der Waals surface area contributed by atoms with Gasteiger partial charge in [0.25, 0.3) is 0 Å². The predicted octanol–water partition coefficient (Wildman–Crippen LogP) is 1.18. The van der Waals surface area contributed by atoms with Crippen LogP contribution in [0.3, 0.4) is 0 Å². The topological polar surface area (TPSA) is 40.7 Å². The molecule has 12 heavy (non-hydrogen) atoms. The molecule has 0 atom stereocenters. The van der Waals surface area contributed by atoms with E-state index in [-0.39, 0.29) is 0 Å². The summed E-state index contributed by atoms with van der Waals surface area (Å²) in [5, 5.41) is 10.1. The SMILES string of the molecule is CC1=C(c2cn[nH]c2)CNCC1. The van der Waals surface area contributed by atoms with Crippen LogP contribution >= 0.6 is 0 Å². The van der Waals surface area contributed by atoms with Crippen molar-refractivity contribution in [3.8, 4) is 0 Å². The Labute approximate surface area is 71.9 Å². The number of hydrogen-bond acceptors (Lipinski definition) is 2. The number of hydrogen-bond donors (Lipinski definition) is 2. The number of aromatic nitrogens is 2. The molecule has 1 aliphatic heterocycles. The van der Waals surface area contributed by atoms with Crippen molar-refractivity contribution in [2.45, 2.75) is 13.3 Å². The molecule has 1 aromatic rings. The van der Waals surface area contributed by atoms with Crippen LogP contribution in [0.1, 0.15) is 18.9 Å². The van der Waals surface area contributed by atoms with Crippen molar-refractivity contribution < 1.29 is 0 Å². The Kier molecular flexibility index (Phi) is 1.96. The van der Waals surface area contributed by atoms with E-state index in [9.17, 15) is 0 Å². The Morgan fingerprint density at radius 1 is 1.50 bits per heavy atom. The van der Waals surface area contributed by atoms with E-state index in [0.717, 1.165) is 19.5 Å². The first-order valence-electron chi connectivity index (χ1n) is 4.26. The van der Waals surface area contributed by atoms with Gasteiger partial charge in [0.2, 0.25) is 0 Å². The summed E-state index contributed by atoms with van der Waals surface area (Å²) in [7, 11) is 0. The fourth-order valence-electron chi connectivity index (χ4n) is 1.56. The van der Waals surface area contributed by atoms with Crippen molar-refractivity contribution in [1.29, 1.82) is 0 Å². The van der Waals surface area contributed by atoms with Gasteiger partial charge in [0.1, 0.15) is 0 Å². The lowest BCUT2D eigenvalue weighted by molar-refractivity contribution is 0.715. The average molecular weight is 163 g/mol. The van der Waals surface area contributed by atoms with Gasteiger partial charge in [0.15, 0.2) is 0 Å². The number of nitrogens with one attached hydrogen (secondary N) is 2. The van der Waals surface area contributed by atoms with E-state index in [1.165, 1.54) is 16.7 Å². The van der Waals surface area contributed by atoms with Crippen LogP contribution in [0, 0.1) is 0 Å². The zero-order chi connectivity index (χ0) is 8.39. The molecule has 2 N–H and O–H groups in total. The van der Waals surface area contributed by atoms with Crippen molar-refractivity contribution in [2.75, 3.05) is 13.1 Å². The summed E-state index contributed by atoms with van der Waals surface area (Å²) < 4.78 is 0. The van der Waals surface area contributed by atoms with E-state index in [4.69, 9.17) is 0 Å². The molecule has 0 saturated carbocycles. The largest absolute Gasteiger partial charge is 0.312 e. The third-order valence-electron chi connectivity index (χ3n) is 2.34. The monoisotopic (exact) mass is 163 g/mol. The molecule has 0 spiro atoms. The highest BCUT2D eigenvalue weighted by Crippen LogP contribution is 2.21. The number of nitrogens with zero attached hydrogens (tertiary/aromatic N) is 1. The van der Waals surface area contributed by atoms with Crippen molar-refractivity contribution in [1.82, 2.24) is 15.5 Å². The maximum absolute atomic E-state index is 3.94. The molecule has 2 rings (SSSR count). The second-order valence-electron chi connectivity index (χ2n) is 3.17. The molecule has 0 aliphatic carbocycles. The Bertz CT molecular complexity index is 285. The van der Waals surface area contributed by atoms with Crippen LogP contribution in [0.4, 0.5) is 0 Å². The standard InChI is InChI=1S/C9H13N3/c1-7-2-3-10-6-9(7)8-4-11-12-5-8/h4-5,10H,2-3,6H2,1H3,(H,11,12). The smallest absolute Gasteiger partial charge is 0.0562 e. The van der Waals surface area contributed by atoms with Crippen LogP contribution in [0.15, 0.2) is 18.0 Å². The maximum atomic E-state index is 3.94. The Balaban J connectivity index is 2.33. The lowest BCUT2D eigenvalue weighted by Crippen LogP contribution is -2.23. The molecule has 0 aromatic carbocycles. The summed E-state index contributed by atoms with van der Waals surface area (Å²) in [6.45, 7) is 4.28. The highest BCUT2D eigenvalue weighted by atomic mass is 15.1. The fourth-order valence-corrected chi connectivity index (χ4v) is 1.56. The van der Waals surface area contributed by atoms with Crippen LogP contribution in [0.5, 0.6) is 0 Å². The molecule has 0 bridgehead atoms. The number of H-pyrrole nitrogens is 1. The summed E-state index contributed by atoms with van der Waals surface area (Å²) in [6.07, 6.45) is 4.98. The van der Waals surface area contributed by atoms with Gasteiger partial charge in [-0.2, -0.15) is 5.10 Å². The molecule has 0 unspecified atom stereocenters. The van der Waals surface area contributed by atoms with Gasteiger partial charge in [-0.1, -0.05) is 5.57 Å². The summed E-state index contributed by atoms with van der Waals surface area (Å²) in [6, 6.07) is 0. The highest BCUT2D eigenvalue weighted by Gasteiger charge is 2.10. The molecule has 3 nitrogen and oxygen atoms in total. The van der Waals surface area contributed by atoms with E-state index in [1.54, 1.807) is 0 Å². The van der Waals surface area contributed by atoms with Crippen LogP contribution in [-0.4, -0.2) is 23.3 Å². The van der Waals surface area contributed by atoms with E-state index in [1.807, 2.05) is 12.4 Å². The molecule has 1 aliphatic rings. The van der Waals surface area contributed by atoms with Gasteiger partial charge in [0, 0.05) is 18.3 Å². The minimum Gasteiger partial charge on any atom is -0.312 e. The first kappa shape index (κ1) is 7.55. The van der Waals surface area contributed by atoms with Crippen molar-refractivity contribution >= 4 is 5.57 Å². The van der Waals surface area contributed by atoms with E-state index in [2.05, 4.69) is 22.4 Å². The first-order valence-corrected chi connectivity index (χ1v) is 4.26. The average Bonchev–Trinajstić information content (AvgIpc) is 2.57. The molecule has 2 heterocycles. The van der Waals surface area contributed by atoms with Crippen LogP contribution in [0.25, 0.3) is 5.57 Å². The van der Waals surface area contributed by atoms with Crippen LogP contribution in [0.2, 0.25) is 0 Å². The van der Waals surface area contributed by atoms with Crippen LogP contribution < -0.4 is 5.32 Å². The summed E-state index contributed by atoms with van der Waals surface area (Å²) in [5.41, 5.74) is 4.10. The molecular weight excluding hydrogens is 150 g/mol. The van der Waals surface area contributed by atoms with Crippen molar-refractivity contribution in [2.24, 2.45) is 0 Å². The lowest BCUT2D eigenvalue weighted by Gasteiger charge is -2.17. The maximum Gasteiger partial charge on any atom is 0.0562 e. The molecule has 3 heteroatoms. The van der Waals surface area contributed by atoms with Gasteiger partial charge in [-0.15, -0.1) is 0 Å². The minimum absolute atomic E-state index is 0.978. The third kappa shape index (κ3) is 1.28.